The van der Waals surface area contributed by atoms with Gasteiger partial charge in [0.25, 0.3) is 0 Å². The minimum absolute atomic E-state index is 0.102. The zero-order valence-corrected chi connectivity index (χ0v) is 8.76. The van der Waals surface area contributed by atoms with Crippen molar-refractivity contribution in [2.24, 2.45) is 0 Å². The molecule has 0 fully saturated rings. The second-order valence-electron chi connectivity index (χ2n) is 2.17. The fraction of sp³-hybridized carbons (Fsp3) is 0.250. The number of aliphatic hydroxyl groups excluding tert-OH is 2. The van der Waals surface area contributed by atoms with Crippen LogP contribution < -0.4 is 0 Å². The summed E-state index contributed by atoms with van der Waals surface area (Å²) in [5.74, 6) is 0. The van der Waals surface area contributed by atoms with Crippen LogP contribution in [0, 0.1) is 0 Å². The molecular formula is C8H12O2S2. The van der Waals surface area contributed by atoms with Crippen LogP contribution in [0.4, 0.5) is 0 Å². The largest absolute Gasteiger partial charge is 0.499 e. The van der Waals surface area contributed by atoms with Gasteiger partial charge in [-0.25, -0.2) is 0 Å². The van der Waals surface area contributed by atoms with Gasteiger partial charge in [-0.3, -0.25) is 0 Å². The van der Waals surface area contributed by atoms with E-state index in [1.165, 1.54) is 0 Å². The summed E-state index contributed by atoms with van der Waals surface area (Å²) in [5, 5.41) is 16.3. The van der Waals surface area contributed by atoms with Crippen LogP contribution in [-0.4, -0.2) is 20.3 Å². The quantitative estimate of drug-likeness (QED) is 0.536. The SMILES string of the molecule is C=C(C)C(O)=S.C=C(C)C(O)=S. The second kappa shape index (κ2) is 6.94. The highest BCUT2D eigenvalue weighted by Crippen LogP contribution is 1.85. The average molecular weight is 204 g/mol. The summed E-state index contributed by atoms with van der Waals surface area (Å²) >= 11 is 8.55. The Kier molecular flexibility index (Phi) is 7.99. The molecule has 0 heterocycles. The lowest BCUT2D eigenvalue weighted by Gasteiger charge is -1.84. The minimum atomic E-state index is -0.102. The molecule has 0 unspecified atom stereocenters. The summed E-state index contributed by atoms with van der Waals surface area (Å²) in [4.78, 5) is 0. The molecule has 0 saturated carbocycles. The normalized spacial score (nSPS) is 7.50. The molecule has 0 rings (SSSR count). The van der Waals surface area contributed by atoms with Gasteiger partial charge in [-0.05, 0) is 49.4 Å². The molecule has 0 spiro atoms. The molecule has 0 atom stereocenters. The molecule has 2 nitrogen and oxygen atoms in total. The van der Waals surface area contributed by atoms with E-state index in [0.29, 0.717) is 11.1 Å². The second-order valence-corrected chi connectivity index (χ2v) is 2.94. The Bertz CT molecular complexity index is 171. The van der Waals surface area contributed by atoms with E-state index in [2.05, 4.69) is 37.6 Å². The molecule has 12 heavy (non-hydrogen) atoms. The fourth-order valence-electron chi connectivity index (χ4n) is 0. The Morgan fingerprint density at radius 3 is 1.00 bits per heavy atom. The number of thiocarbonyl (C=S) groups is 2. The van der Waals surface area contributed by atoms with Crippen molar-refractivity contribution in [3.8, 4) is 0 Å². The zero-order chi connectivity index (χ0) is 10.3. The van der Waals surface area contributed by atoms with Gasteiger partial charge in [0.05, 0.1) is 0 Å². The topological polar surface area (TPSA) is 40.5 Å². The van der Waals surface area contributed by atoms with E-state index in [9.17, 15) is 0 Å². The fourth-order valence-corrected chi connectivity index (χ4v) is 0. The van der Waals surface area contributed by atoms with Gasteiger partial charge in [0, 0.05) is 0 Å². The van der Waals surface area contributed by atoms with Gasteiger partial charge in [0.1, 0.15) is 0 Å². The first-order valence-electron chi connectivity index (χ1n) is 3.06. The van der Waals surface area contributed by atoms with Crippen molar-refractivity contribution >= 4 is 34.5 Å². The lowest BCUT2D eigenvalue weighted by atomic mass is 10.4. The summed E-state index contributed by atoms with van der Waals surface area (Å²) < 4.78 is 0. The Hall–Kier alpha value is -0.740. The van der Waals surface area contributed by atoms with Crippen molar-refractivity contribution in [2.45, 2.75) is 13.8 Å². The van der Waals surface area contributed by atoms with Crippen molar-refractivity contribution < 1.29 is 10.2 Å². The van der Waals surface area contributed by atoms with Crippen molar-refractivity contribution in [3.63, 3.8) is 0 Å². The lowest BCUT2D eigenvalue weighted by molar-refractivity contribution is 0.568. The predicted molar refractivity (Wildman–Crippen MR) is 60.1 cm³/mol. The molecule has 0 aliphatic heterocycles. The highest BCUT2D eigenvalue weighted by Gasteiger charge is 1.84. The molecule has 0 aromatic heterocycles. The molecule has 68 valence electrons. The molecule has 0 bridgehead atoms. The maximum Gasteiger partial charge on any atom is 0.183 e. The molecule has 0 amide bonds. The first-order chi connectivity index (χ1) is 5.29. The van der Waals surface area contributed by atoms with Gasteiger partial charge < -0.3 is 10.2 Å². The van der Waals surface area contributed by atoms with E-state index in [0.717, 1.165) is 0 Å². The van der Waals surface area contributed by atoms with E-state index in [-0.39, 0.29) is 10.1 Å². The predicted octanol–water partition coefficient (Wildman–Crippen LogP) is 2.90. The van der Waals surface area contributed by atoms with Crippen molar-refractivity contribution in [1.29, 1.82) is 0 Å². The van der Waals surface area contributed by atoms with Crippen molar-refractivity contribution in [3.05, 3.63) is 24.3 Å². The van der Waals surface area contributed by atoms with Crippen LogP contribution in [0.15, 0.2) is 24.3 Å². The molecular weight excluding hydrogens is 192 g/mol. The Labute approximate surface area is 83.2 Å². The third-order valence-electron chi connectivity index (χ3n) is 0.730. The summed E-state index contributed by atoms with van der Waals surface area (Å²) in [6, 6.07) is 0. The van der Waals surface area contributed by atoms with Crippen molar-refractivity contribution in [1.82, 2.24) is 0 Å². The van der Waals surface area contributed by atoms with E-state index in [1.807, 2.05) is 0 Å². The smallest absolute Gasteiger partial charge is 0.183 e. The van der Waals surface area contributed by atoms with Crippen LogP contribution in [0.3, 0.4) is 0 Å². The van der Waals surface area contributed by atoms with Crippen LogP contribution in [0.5, 0.6) is 0 Å². The van der Waals surface area contributed by atoms with Crippen LogP contribution in [-0.2, 0) is 0 Å². The standard InChI is InChI=1S/2C4H6OS/c2*1-3(2)4(5)6/h2*1H2,2H3,(H,5,6). The first-order valence-corrected chi connectivity index (χ1v) is 3.88. The molecule has 4 heteroatoms. The molecule has 2 N–H and O–H groups in total. The van der Waals surface area contributed by atoms with E-state index < -0.39 is 0 Å². The first kappa shape index (κ1) is 13.8. The molecule has 0 aliphatic rings. The summed E-state index contributed by atoms with van der Waals surface area (Å²) in [6.07, 6.45) is 0. The Morgan fingerprint density at radius 1 is 0.917 bits per heavy atom. The summed E-state index contributed by atoms with van der Waals surface area (Å²) in [7, 11) is 0. The monoisotopic (exact) mass is 204 g/mol. The lowest BCUT2D eigenvalue weighted by Crippen LogP contribution is -1.88. The average Bonchev–Trinajstić information content (AvgIpc) is 1.88. The zero-order valence-electron chi connectivity index (χ0n) is 7.13. The van der Waals surface area contributed by atoms with Crippen LogP contribution in [0.25, 0.3) is 0 Å². The van der Waals surface area contributed by atoms with Gasteiger partial charge in [-0.2, -0.15) is 0 Å². The number of hydrogen-bond donors (Lipinski definition) is 2. The van der Waals surface area contributed by atoms with Gasteiger partial charge in [-0.15, -0.1) is 0 Å². The molecule has 0 saturated heterocycles. The van der Waals surface area contributed by atoms with Gasteiger partial charge >= 0.3 is 0 Å². The Balaban J connectivity index is 0. The number of aliphatic hydroxyl groups is 2. The van der Waals surface area contributed by atoms with Crippen LogP contribution in [0.1, 0.15) is 13.8 Å². The van der Waals surface area contributed by atoms with E-state index >= 15 is 0 Å². The summed E-state index contributed by atoms with van der Waals surface area (Å²) in [5.41, 5.74) is 1.09. The third kappa shape index (κ3) is 12.0. The van der Waals surface area contributed by atoms with Crippen molar-refractivity contribution in [2.75, 3.05) is 0 Å². The van der Waals surface area contributed by atoms with Crippen LogP contribution in [0.2, 0.25) is 0 Å². The van der Waals surface area contributed by atoms with Gasteiger partial charge in [-0.1, -0.05) is 13.2 Å². The Morgan fingerprint density at radius 2 is 1.00 bits per heavy atom. The summed E-state index contributed by atoms with van der Waals surface area (Å²) in [6.45, 7) is 10.0. The van der Waals surface area contributed by atoms with E-state index in [4.69, 9.17) is 10.2 Å². The molecule has 0 aromatic rings. The highest BCUT2D eigenvalue weighted by molar-refractivity contribution is 7.80. The minimum Gasteiger partial charge on any atom is -0.499 e. The molecule has 0 radical (unpaired) electrons. The van der Waals surface area contributed by atoms with Crippen LogP contribution >= 0.6 is 24.4 Å². The molecule has 0 aliphatic carbocycles. The van der Waals surface area contributed by atoms with E-state index in [1.54, 1.807) is 13.8 Å². The van der Waals surface area contributed by atoms with Gasteiger partial charge in [0.2, 0.25) is 0 Å². The maximum absolute atomic E-state index is 8.26. The third-order valence-corrected chi connectivity index (χ3v) is 1.43. The number of hydrogen-bond acceptors (Lipinski definition) is 2. The number of rotatable bonds is 2. The highest BCUT2D eigenvalue weighted by atomic mass is 32.1. The maximum atomic E-state index is 8.26. The molecule has 0 aromatic carbocycles. The van der Waals surface area contributed by atoms with Gasteiger partial charge in [0.15, 0.2) is 10.1 Å².